The molecule has 1 saturated heterocycles. The van der Waals surface area contributed by atoms with Crippen molar-refractivity contribution in [2.75, 3.05) is 13.2 Å². The van der Waals surface area contributed by atoms with Crippen molar-refractivity contribution < 1.29 is 37.0 Å². The van der Waals surface area contributed by atoms with Gasteiger partial charge in [-0.3, -0.25) is 0 Å². The highest BCUT2D eigenvalue weighted by molar-refractivity contribution is 5.73. The molecule has 1 heterocycles. The highest BCUT2D eigenvalue weighted by Crippen LogP contribution is 2.24. The minimum Gasteiger partial charge on any atom is -0.475 e. The smallest absolute Gasteiger partial charge is 0.475 e. The molecule has 15 heavy (non-hydrogen) atoms. The molecular formula is C6H8F5NO3. The lowest BCUT2D eigenvalue weighted by Crippen LogP contribution is -2.64. The van der Waals surface area contributed by atoms with E-state index >= 15 is 0 Å². The number of hydrogen-bond donors (Lipinski definition) is 3. The van der Waals surface area contributed by atoms with Gasteiger partial charge in [0.1, 0.15) is 0 Å². The van der Waals surface area contributed by atoms with Crippen LogP contribution in [-0.4, -0.2) is 47.5 Å². The molecule has 1 aliphatic heterocycles. The Morgan fingerprint density at radius 1 is 1.47 bits per heavy atom. The van der Waals surface area contributed by atoms with E-state index in [4.69, 9.17) is 15.0 Å². The van der Waals surface area contributed by atoms with Gasteiger partial charge in [0, 0.05) is 0 Å². The van der Waals surface area contributed by atoms with E-state index in [0.29, 0.717) is 0 Å². The number of aliphatic carboxylic acids is 1. The first-order valence-electron chi connectivity index (χ1n) is 3.63. The van der Waals surface area contributed by atoms with E-state index in [1.54, 1.807) is 0 Å². The summed E-state index contributed by atoms with van der Waals surface area (Å²) >= 11 is 0. The van der Waals surface area contributed by atoms with Gasteiger partial charge in [-0.1, -0.05) is 0 Å². The summed E-state index contributed by atoms with van der Waals surface area (Å²) in [6.07, 6.45) is -5.08. The van der Waals surface area contributed by atoms with E-state index in [1.165, 1.54) is 0 Å². The van der Waals surface area contributed by atoms with Crippen LogP contribution in [0.25, 0.3) is 0 Å². The second kappa shape index (κ2) is 4.71. The molecule has 0 aromatic heterocycles. The number of carbonyl (C=O) groups is 1. The molecule has 4 nitrogen and oxygen atoms in total. The molecule has 1 atom stereocenters. The van der Waals surface area contributed by atoms with Gasteiger partial charge in [0.15, 0.2) is 0 Å². The molecule has 0 aromatic carbocycles. The summed E-state index contributed by atoms with van der Waals surface area (Å²) in [4.78, 5) is 8.90. The van der Waals surface area contributed by atoms with Crippen molar-refractivity contribution in [3.63, 3.8) is 0 Å². The molecule has 1 aliphatic rings. The topological polar surface area (TPSA) is 69.6 Å². The number of rotatable bonds is 1. The monoisotopic (exact) mass is 237 g/mol. The molecule has 0 saturated carbocycles. The van der Waals surface area contributed by atoms with E-state index in [2.05, 4.69) is 5.32 Å². The van der Waals surface area contributed by atoms with Crippen LogP contribution in [-0.2, 0) is 4.79 Å². The fourth-order valence-corrected chi connectivity index (χ4v) is 0.599. The number of nitrogens with one attached hydrogen (secondary N) is 1. The van der Waals surface area contributed by atoms with E-state index in [0.717, 1.165) is 0 Å². The number of halogens is 5. The Morgan fingerprint density at radius 2 is 1.87 bits per heavy atom. The maximum Gasteiger partial charge on any atom is 0.490 e. The molecule has 1 rings (SSSR count). The zero-order chi connectivity index (χ0) is 12.3. The quantitative estimate of drug-likeness (QED) is 0.570. The van der Waals surface area contributed by atoms with Crippen LogP contribution in [0.1, 0.15) is 0 Å². The van der Waals surface area contributed by atoms with Crippen LogP contribution in [0.3, 0.4) is 0 Å². The lowest BCUT2D eigenvalue weighted by Gasteiger charge is -2.36. The fraction of sp³-hybridized carbons (Fsp3) is 0.833. The van der Waals surface area contributed by atoms with Crippen molar-refractivity contribution in [2.24, 2.45) is 0 Å². The molecule has 0 spiro atoms. The predicted molar refractivity (Wildman–Crippen MR) is 37.5 cm³/mol. The highest BCUT2D eigenvalue weighted by atomic mass is 19.4. The summed E-state index contributed by atoms with van der Waals surface area (Å²) in [5, 5.41) is 17.7. The summed E-state index contributed by atoms with van der Waals surface area (Å²) in [5.74, 6) is -5.43. The first kappa shape index (κ1) is 14.0. The number of carboxylic acid groups (broad SMARTS) is 1. The Bertz CT molecular complexity index is 227. The highest BCUT2D eigenvalue weighted by Gasteiger charge is 2.47. The third-order valence-corrected chi connectivity index (χ3v) is 1.52. The SMILES string of the molecule is O=C(O)C(F)(F)F.OCC1NCC1(F)F. The van der Waals surface area contributed by atoms with E-state index in [-0.39, 0.29) is 6.54 Å². The molecule has 9 heteroatoms. The van der Waals surface area contributed by atoms with Crippen LogP contribution in [0.2, 0.25) is 0 Å². The van der Waals surface area contributed by atoms with Crippen molar-refractivity contribution in [1.82, 2.24) is 5.32 Å². The normalized spacial score (nSPS) is 23.5. The summed E-state index contributed by atoms with van der Waals surface area (Å²) in [6.45, 7) is -0.773. The Hall–Kier alpha value is -0.960. The Labute approximate surface area is 80.7 Å². The summed E-state index contributed by atoms with van der Waals surface area (Å²) in [5.41, 5.74) is 0. The maximum atomic E-state index is 12.0. The average molecular weight is 237 g/mol. The third kappa shape index (κ3) is 4.38. The van der Waals surface area contributed by atoms with E-state index < -0.39 is 30.7 Å². The molecule has 3 N–H and O–H groups in total. The van der Waals surface area contributed by atoms with Crippen molar-refractivity contribution in [2.45, 2.75) is 18.1 Å². The van der Waals surface area contributed by atoms with Crippen LogP contribution in [0.15, 0.2) is 0 Å². The number of aliphatic hydroxyl groups is 1. The Morgan fingerprint density at radius 3 is 1.87 bits per heavy atom. The maximum absolute atomic E-state index is 12.0. The van der Waals surface area contributed by atoms with Gasteiger partial charge in [-0.05, 0) is 0 Å². The standard InChI is InChI=1S/C4H7F2NO.C2HF3O2/c5-4(6)2-7-3(4)1-8;3-2(4,5)1(6)7/h3,7-8H,1-2H2;(H,6,7). The molecule has 0 aliphatic carbocycles. The molecule has 0 amide bonds. The van der Waals surface area contributed by atoms with Crippen molar-refractivity contribution in [1.29, 1.82) is 0 Å². The average Bonchev–Trinajstić information content (AvgIpc) is 2.02. The molecule has 0 bridgehead atoms. The van der Waals surface area contributed by atoms with Gasteiger partial charge in [0.05, 0.1) is 19.2 Å². The van der Waals surface area contributed by atoms with Gasteiger partial charge >= 0.3 is 12.1 Å². The van der Waals surface area contributed by atoms with Gasteiger partial charge in [0.25, 0.3) is 5.92 Å². The summed E-state index contributed by atoms with van der Waals surface area (Å²) in [7, 11) is 0. The second-order valence-corrected chi connectivity index (χ2v) is 2.68. The van der Waals surface area contributed by atoms with Crippen LogP contribution in [0.4, 0.5) is 22.0 Å². The first-order chi connectivity index (χ1) is 6.61. The molecular weight excluding hydrogens is 229 g/mol. The zero-order valence-electron chi connectivity index (χ0n) is 7.18. The fourth-order valence-electron chi connectivity index (χ4n) is 0.599. The van der Waals surface area contributed by atoms with Gasteiger partial charge in [0.2, 0.25) is 0 Å². The lowest BCUT2D eigenvalue weighted by molar-refractivity contribution is -0.192. The van der Waals surface area contributed by atoms with Crippen LogP contribution < -0.4 is 5.32 Å². The minimum absolute atomic E-state index is 0.293. The largest absolute Gasteiger partial charge is 0.490 e. The molecule has 1 fully saturated rings. The van der Waals surface area contributed by atoms with Crippen molar-refractivity contribution in [3.05, 3.63) is 0 Å². The van der Waals surface area contributed by atoms with Crippen molar-refractivity contribution in [3.8, 4) is 0 Å². The van der Waals surface area contributed by atoms with E-state index in [9.17, 15) is 22.0 Å². The second-order valence-electron chi connectivity index (χ2n) is 2.68. The number of hydrogen-bond acceptors (Lipinski definition) is 3. The Kier molecular flexibility index (Phi) is 4.41. The first-order valence-corrected chi connectivity index (χ1v) is 3.63. The lowest BCUT2D eigenvalue weighted by atomic mass is 10.0. The molecule has 0 radical (unpaired) electrons. The number of alkyl halides is 5. The molecule has 0 aromatic rings. The van der Waals surface area contributed by atoms with Crippen LogP contribution >= 0.6 is 0 Å². The minimum atomic E-state index is -5.08. The number of carboxylic acids is 1. The third-order valence-electron chi connectivity index (χ3n) is 1.52. The van der Waals surface area contributed by atoms with Gasteiger partial charge in [-0.2, -0.15) is 13.2 Å². The van der Waals surface area contributed by atoms with E-state index in [1.807, 2.05) is 0 Å². The van der Waals surface area contributed by atoms with Crippen LogP contribution in [0.5, 0.6) is 0 Å². The Balaban J connectivity index is 0.000000265. The van der Waals surface area contributed by atoms with Gasteiger partial charge in [-0.15, -0.1) is 0 Å². The van der Waals surface area contributed by atoms with Crippen molar-refractivity contribution >= 4 is 5.97 Å². The van der Waals surface area contributed by atoms with Gasteiger partial charge in [-0.25, -0.2) is 13.6 Å². The molecule has 90 valence electrons. The van der Waals surface area contributed by atoms with Crippen LogP contribution in [0, 0.1) is 0 Å². The zero-order valence-corrected chi connectivity index (χ0v) is 7.18. The predicted octanol–water partition coefficient (Wildman–Crippen LogP) is 0.219. The van der Waals surface area contributed by atoms with Gasteiger partial charge < -0.3 is 15.5 Å². The number of aliphatic hydroxyl groups excluding tert-OH is 1. The molecule has 1 unspecified atom stereocenters. The summed E-state index contributed by atoms with van der Waals surface area (Å²) in [6, 6.07) is -0.998. The summed E-state index contributed by atoms with van der Waals surface area (Å²) < 4.78 is 55.7.